The van der Waals surface area contributed by atoms with Crippen LogP contribution in [0, 0.1) is 5.92 Å². The Balaban J connectivity index is 2.25. The minimum absolute atomic E-state index is 0.319. The molecule has 60 valence electrons. The van der Waals surface area contributed by atoms with Gasteiger partial charge < -0.3 is 5.11 Å². The van der Waals surface area contributed by atoms with Gasteiger partial charge in [0.05, 0.1) is 0 Å². The maximum atomic E-state index is 9.27. The Hall–Kier alpha value is -0.800. The first-order chi connectivity index (χ1) is 5.29. The van der Waals surface area contributed by atoms with Gasteiger partial charge in [0.25, 0.3) is 0 Å². The number of rotatable bonds is 0. The van der Waals surface area contributed by atoms with E-state index in [4.69, 9.17) is 0 Å². The van der Waals surface area contributed by atoms with Crippen LogP contribution < -0.4 is 0 Å². The number of aliphatic hydroxyl groups excluding tert-OH is 1. The van der Waals surface area contributed by atoms with Gasteiger partial charge in [-0.25, -0.2) is 5.06 Å². The first kappa shape index (κ1) is 6.88. The Labute approximate surface area is 65.2 Å². The highest BCUT2D eigenvalue weighted by Crippen LogP contribution is 2.34. The van der Waals surface area contributed by atoms with Crippen molar-refractivity contribution in [3.05, 3.63) is 23.9 Å². The standard InChI is InChI=1S/C8H11NO2/c10-8-5-6-3-1-2-4-7(6)9(8)11/h1-2,4,6,8,10-11H,3,5H2. The summed E-state index contributed by atoms with van der Waals surface area (Å²) in [6.07, 6.45) is 6.69. The molecular formula is C8H11NO2. The summed E-state index contributed by atoms with van der Waals surface area (Å²) >= 11 is 0. The van der Waals surface area contributed by atoms with Crippen molar-refractivity contribution in [3.63, 3.8) is 0 Å². The van der Waals surface area contributed by atoms with Crippen molar-refractivity contribution in [2.45, 2.75) is 19.1 Å². The lowest BCUT2D eigenvalue weighted by molar-refractivity contribution is -0.149. The Kier molecular flexibility index (Phi) is 1.47. The molecule has 1 fully saturated rings. The number of nitrogens with zero attached hydrogens (tertiary/aromatic N) is 1. The Bertz CT molecular complexity index is 218. The molecule has 0 radical (unpaired) electrons. The van der Waals surface area contributed by atoms with Crippen LogP contribution in [0.3, 0.4) is 0 Å². The van der Waals surface area contributed by atoms with E-state index in [1.165, 1.54) is 0 Å². The molecule has 0 bridgehead atoms. The zero-order chi connectivity index (χ0) is 7.84. The number of aliphatic hydroxyl groups is 1. The van der Waals surface area contributed by atoms with Crippen LogP contribution in [0.5, 0.6) is 0 Å². The summed E-state index contributed by atoms with van der Waals surface area (Å²) in [4.78, 5) is 0. The zero-order valence-electron chi connectivity index (χ0n) is 6.14. The van der Waals surface area contributed by atoms with Gasteiger partial charge in [0.1, 0.15) is 0 Å². The van der Waals surface area contributed by atoms with Crippen molar-refractivity contribution in [2.24, 2.45) is 5.92 Å². The SMILES string of the molecule is OC1CC2CC=CC=C2N1O. The number of allylic oxidation sites excluding steroid dienone is 4. The summed E-state index contributed by atoms with van der Waals surface area (Å²) in [5.41, 5.74) is 0.847. The van der Waals surface area contributed by atoms with E-state index in [9.17, 15) is 10.3 Å². The highest BCUT2D eigenvalue weighted by molar-refractivity contribution is 5.22. The molecule has 1 saturated heterocycles. The molecule has 1 heterocycles. The summed E-state index contributed by atoms with van der Waals surface area (Å²) in [5, 5.41) is 19.5. The van der Waals surface area contributed by atoms with E-state index in [1.54, 1.807) is 0 Å². The third-order valence-electron chi connectivity index (χ3n) is 2.28. The van der Waals surface area contributed by atoms with Crippen LogP contribution in [0.4, 0.5) is 0 Å². The molecule has 1 aliphatic heterocycles. The topological polar surface area (TPSA) is 43.7 Å². The van der Waals surface area contributed by atoms with Gasteiger partial charge in [0.2, 0.25) is 0 Å². The van der Waals surface area contributed by atoms with Gasteiger partial charge in [0.15, 0.2) is 6.23 Å². The highest BCUT2D eigenvalue weighted by atomic mass is 16.5. The fraction of sp³-hybridized carbons (Fsp3) is 0.500. The van der Waals surface area contributed by atoms with Crippen LogP contribution in [0.15, 0.2) is 23.9 Å². The number of hydroxylamine groups is 2. The second kappa shape index (κ2) is 2.36. The molecule has 0 amide bonds. The summed E-state index contributed by atoms with van der Waals surface area (Å²) in [6, 6.07) is 0. The van der Waals surface area contributed by atoms with Crippen LogP contribution in [0.25, 0.3) is 0 Å². The smallest absolute Gasteiger partial charge is 0.151 e. The van der Waals surface area contributed by atoms with Gasteiger partial charge in [-0.1, -0.05) is 12.2 Å². The van der Waals surface area contributed by atoms with Crippen molar-refractivity contribution in [2.75, 3.05) is 0 Å². The summed E-state index contributed by atoms with van der Waals surface area (Å²) in [6.45, 7) is 0. The predicted octanol–water partition coefficient (Wildman–Crippen LogP) is 0.860. The first-order valence-electron chi connectivity index (χ1n) is 3.82. The van der Waals surface area contributed by atoms with Gasteiger partial charge in [-0.05, 0) is 12.5 Å². The Morgan fingerprint density at radius 3 is 3.09 bits per heavy atom. The zero-order valence-corrected chi connectivity index (χ0v) is 6.14. The number of fused-ring (bicyclic) bond motifs is 1. The van der Waals surface area contributed by atoms with Gasteiger partial charge in [0, 0.05) is 18.0 Å². The van der Waals surface area contributed by atoms with Gasteiger partial charge >= 0.3 is 0 Å². The lowest BCUT2D eigenvalue weighted by Gasteiger charge is -2.17. The van der Waals surface area contributed by atoms with E-state index in [0.717, 1.165) is 17.2 Å². The molecule has 0 saturated carbocycles. The van der Waals surface area contributed by atoms with Crippen LogP contribution >= 0.6 is 0 Å². The monoisotopic (exact) mass is 153 g/mol. The second-order valence-corrected chi connectivity index (χ2v) is 3.01. The third-order valence-corrected chi connectivity index (χ3v) is 2.28. The van der Waals surface area contributed by atoms with Crippen LogP contribution in [0.2, 0.25) is 0 Å². The molecule has 0 spiro atoms. The van der Waals surface area contributed by atoms with E-state index in [2.05, 4.69) is 6.08 Å². The molecule has 2 N–H and O–H groups in total. The van der Waals surface area contributed by atoms with Crippen LogP contribution in [-0.2, 0) is 0 Å². The van der Waals surface area contributed by atoms with E-state index < -0.39 is 6.23 Å². The Morgan fingerprint density at radius 2 is 2.36 bits per heavy atom. The minimum atomic E-state index is -0.703. The third kappa shape index (κ3) is 0.968. The lowest BCUT2D eigenvalue weighted by atomic mass is 9.97. The molecule has 2 aliphatic rings. The average Bonchev–Trinajstić information content (AvgIpc) is 2.30. The van der Waals surface area contributed by atoms with E-state index in [1.807, 2.05) is 12.2 Å². The normalized spacial score (nSPS) is 35.5. The van der Waals surface area contributed by atoms with Gasteiger partial charge in [-0.2, -0.15) is 0 Å². The lowest BCUT2D eigenvalue weighted by Crippen LogP contribution is -2.23. The summed E-state index contributed by atoms with van der Waals surface area (Å²) < 4.78 is 0. The van der Waals surface area contributed by atoms with Crippen molar-refractivity contribution >= 4 is 0 Å². The molecular weight excluding hydrogens is 142 g/mol. The van der Waals surface area contributed by atoms with Crippen molar-refractivity contribution in [3.8, 4) is 0 Å². The molecule has 2 atom stereocenters. The van der Waals surface area contributed by atoms with Crippen molar-refractivity contribution in [1.29, 1.82) is 0 Å². The molecule has 2 unspecified atom stereocenters. The molecule has 0 aromatic carbocycles. The highest BCUT2D eigenvalue weighted by Gasteiger charge is 2.33. The van der Waals surface area contributed by atoms with Gasteiger partial charge in [-0.15, -0.1) is 0 Å². The average molecular weight is 153 g/mol. The summed E-state index contributed by atoms with van der Waals surface area (Å²) in [5.74, 6) is 0.319. The summed E-state index contributed by atoms with van der Waals surface area (Å²) in [7, 11) is 0. The Morgan fingerprint density at radius 1 is 1.55 bits per heavy atom. The molecule has 3 heteroatoms. The van der Waals surface area contributed by atoms with E-state index >= 15 is 0 Å². The predicted molar refractivity (Wildman–Crippen MR) is 39.6 cm³/mol. The molecule has 3 nitrogen and oxygen atoms in total. The molecule has 2 rings (SSSR count). The van der Waals surface area contributed by atoms with Crippen molar-refractivity contribution in [1.82, 2.24) is 5.06 Å². The largest absolute Gasteiger partial charge is 0.371 e. The molecule has 1 aliphatic carbocycles. The van der Waals surface area contributed by atoms with Crippen molar-refractivity contribution < 1.29 is 10.3 Å². The molecule has 0 aromatic heterocycles. The quantitative estimate of drug-likeness (QED) is 0.542. The van der Waals surface area contributed by atoms with Crippen LogP contribution in [-0.4, -0.2) is 21.6 Å². The van der Waals surface area contributed by atoms with Crippen LogP contribution in [0.1, 0.15) is 12.8 Å². The fourth-order valence-corrected chi connectivity index (χ4v) is 1.67. The van der Waals surface area contributed by atoms with E-state index in [-0.39, 0.29) is 0 Å². The fourth-order valence-electron chi connectivity index (χ4n) is 1.67. The van der Waals surface area contributed by atoms with Gasteiger partial charge in [-0.3, -0.25) is 5.21 Å². The number of hydrogen-bond acceptors (Lipinski definition) is 3. The molecule has 11 heavy (non-hydrogen) atoms. The minimum Gasteiger partial charge on any atom is -0.371 e. The first-order valence-corrected chi connectivity index (χ1v) is 3.82. The maximum Gasteiger partial charge on any atom is 0.151 e. The number of hydrogen-bond donors (Lipinski definition) is 2. The maximum absolute atomic E-state index is 9.27. The second-order valence-electron chi connectivity index (χ2n) is 3.01. The molecule has 0 aromatic rings. The van der Waals surface area contributed by atoms with E-state index in [0.29, 0.717) is 12.3 Å².